The number of aryl methyl sites for hydroxylation is 1. The molecule has 4 aromatic rings. The highest BCUT2D eigenvalue weighted by molar-refractivity contribution is 7.19. The molecule has 40 heavy (non-hydrogen) atoms. The van der Waals surface area contributed by atoms with E-state index in [1.54, 1.807) is 17.7 Å². The maximum absolute atomic E-state index is 13.4. The minimum absolute atomic E-state index is 0.0777. The van der Waals surface area contributed by atoms with Crippen molar-refractivity contribution in [2.45, 2.75) is 47.3 Å². The third-order valence-electron chi connectivity index (χ3n) is 7.04. The number of likely N-dealkylation sites (N-methyl/N-ethyl adjacent to an activating group) is 1. The van der Waals surface area contributed by atoms with Gasteiger partial charge in [0.05, 0.1) is 28.3 Å². The topological polar surface area (TPSA) is 83.5 Å². The summed E-state index contributed by atoms with van der Waals surface area (Å²) in [5, 5.41) is 4.93. The first-order valence-corrected chi connectivity index (χ1v) is 14.7. The van der Waals surface area contributed by atoms with Crippen LogP contribution in [0.1, 0.15) is 42.6 Å². The molecular formula is C30H33ClN6O2S. The molecule has 1 aliphatic heterocycles. The van der Waals surface area contributed by atoms with Crippen LogP contribution < -0.4 is 10.1 Å². The lowest BCUT2D eigenvalue weighted by molar-refractivity contribution is -0.129. The quantitative estimate of drug-likeness (QED) is 0.228. The molecule has 10 heteroatoms. The number of hydrogen-bond acceptors (Lipinski definition) is 8. The molecular weight excluding hydrogens is 544 g/mol. The molecule has 0 atom stereocenters. The van der Waals surface area contributed by atoms with Crippen LogP contribution >= 0.6 is 22.9 Å². The summed E-state index contributed by atoms with van der Waals surface area (Å²) >= 11 is 8.20. The van der Waals surface area contributed by atoms with E-state index in [0.717, 1.165) is 63.2 Å². The van der Waals surface area contributed by atoms with Crippen LogP contribution in [0.5, 0.6) is 5.75 Å². The number of pyridine rings is 1. The standard InChI is InChI=1S/C30H33ClN6O2S/c1-5-24(36(6-2)7-3)30(38)37-14-13-22-26(16-37)40-29-27(22)28(32-18-33-29)35-20-11-12-25(23(31)15-20)39-17-21-10-8-9-19(4)34-21/h5,8-12,15,18H,6-7,13-14,16-17H2,1-4H3,(H,32,33,35)/b24-5+. The summed E-state index contributed by atoms with van der Waals surface area (Å²) in [5.41, 5.74) is 4.56. The highest BCUT2D eigenvalue weighted by Crippen LogP contribution is 2.39. The van der Waals surface area contributed by atoms with Crippen LogP contribution in [0, 0.1) is 6.92 Å². The SMILES string of the molecule is C/C=C(\C(=O)N1CCc2c(sc3ncnc(Nc4ccc(OCc5cccc(C)n5)c(Cl)c4)c23)C1)N(CC)CC. The van der Waals surface area contributed by atoms with Crippen molar-refractivity contribution in [3.63, 3.8) is 0 Å². The van der Waals surface area contributed by atoms with Crippen LogP contribution in [-0.2, 0) is 24.4 Å². The Morgan fingerprint density at radius 3 is 2.77 bits per heavy atom. The number of amides is 1. The number of rotatable bonds is 9. The third kappa shape index (κ3) is 5.76. The molecule has 3 aromatic heterocycles. The largest absolute Gasteiger partial charge is 0.486 e. The summed E-state index contributed by atoms with van der Waals surface area (Å²) in [4.78, 5) is 33.1. The fourth-order valence-electron chi connectivity index (χ4n) is 5.03. The summed E-state index contributed by atoms with van der Waals surface area (Å²) in [7, 11) is 0. The first kappa shape index (κ1) is 27.9. The van der Waals surface area contributed by atoms with Crippen molar-refractivity contribution in [2.75, 3.05) is 25.0 Å². The Labute approximate surface area is 243 Å². The van der Waals surface area contributed by atoms with Gasteiger partial charge in [-0.1, -0.05) is 23.7 Å². The number of carbonyl (C=O) groups excluding carboxylic acids is 1. The number of aromatic nitrogens is 3. The molecule has 0 aliphatic carbocycles. The van der Waals surface area contributed by atoms with Crippen LogP contribution in [0.15, 0.2) is 54.5 Å². The Balaban J connectivity index is 1.33. The van der Waals surface area contributed by atoms with E-state index in [1.807, 2.05) is 61.2 Å². The van der Waals surface area contributed by atoms with Crippen molar-refractivity contribution in [1.82, 2.24) is 24.8 Å². The number of fused-ring (bicyclic) bond motifs is 3. The smallest absolute Gasteiger partial charge is 0.270 e. The summed E-state index contributed by atoms with van der Waals surface area (Å²) in [6.45, 7) is 11.2. The number of nitrogens with one attached hydrogen (secondary N) is 1. The van der Waals surface area contributed by atoms with E-state index < -0.39 is 0 Å². The number of allylic oxidation sites excluding steroid dienone is 1. The highest BCUT2D eigenvalue weighted by atomic mass is 35.5. The van der Waals surface area contributed by atoms with E-state index >= 15 is 0 Å². The second kappa shape index (κ2) is 12.2. The minimum atomic E-state index is 0.0777. The number of nitrogens with zero attached hydrogens (tertiary/aromatic N) is 5. The van der Waals surface area contributed by atoms with Crippen molar-refractivity contribution in [2.24, 2.45) is 0 Å². The third-order valence-corrected chi connectivity index (χ3v) is 8.46. The molecule has 1 aromatic carbocycles. The van der Waals surface area contributed by atoms with E-state index in [0.29, 0.717) is 30.5 Å². The molecule has 0 unspecified atom stereocenters. The second-order valence-electron chi connectivity index (χ2n) is 9.56. The van der Waals surface area contributed by atoms with E-state index in [4.69, 9.17) is 16.3 Å². The second-order valence-corrected chi connectivity index (χ2v) is 11.0. The number of carbonyl (C=O) groups is 1. The van der Waals surface area contributed by atoms with Crippen LogP contribution in [0.3, 0.4) is 0 Å². The molecule has 0 saturated carbocycles. The monoisotopic (exact) mass is 576 g/mol. The summed E-state index contributed by atoms with van der Waals surface area (Å²) < 4.78 is 5.91. The maximum atomic E-state index is 13.4. The molecule has 4 heterocycles. The number of anilines is 2. The number of thiophene rings is 1. The van der Waals surface area contributed by atoms with E-state index in [-0.39, 0.29) is 5.91 Å². The van der Waals surface area contributed by atoms with Crippen LogP contribution in [-0.4, -0.2) is 50.3 Å². The lowest BCUT2D eigenvalue weighted by atomic mass is 10.0. The average molecular weight is 577 g/mol. The van der Waals surface area contributed by atoms with Crippen molar-refractivity contribution < 1.29 is 9.53 Å². The molecule has 1 aliphatic rings. The van der Waals surface area contributed by atoms with Gasteiger partial charge in [-0.15, -0.1) is 11.3 Å². The van der Waals surface area contributed by atoms with Crippen molar-refractivity contribution in [3.8, 4) is 5.75 Å². The molecule has 5 rings (SSSR count). The molecule has 1 amide bonds. The van der Waals surface area contributed by atoms with Gasteiger partial charge in [0.2, 0.25) is 0 Å². The van der Waals surface area contributed by atoms with Crippen LogP contribution in [0.25, 0.3) is 10.2 Å². The summed E-state index contributed by atoms with van der Waals surface area (Å²) in [6, 6.07) is 11.4. The lowest BCUT2D eigenvalue weighted by Gasteiger charge is -2.31. The lowest BCUT2D eigenvalue weighted by Crippen LogP contribution is -2.40. The van der Waals surface area contributed by atoms with Gasteiger partial charge in [0.15, 0.2) is 0 Å². The zero-order valence-corrected chi connectivity index (χ0v) is 24.8. The molecule has 1 N–H and O–H groups in total. The van der Waals surface area contributed by atoms with E-state index in [2.05, 4.69) is 39.0 Å². The van der Waals surface area contributed by atoms with Gasteiger partial charge in [0, 0.05) is 35.9 Å². The predicted octanol–water partition coefficient (Wildman–Crippen LogP) is 6.50. The zero-order valence-electron chi connectivity index (χ0n) is 23.2. The summed E-state index contributed by atoms with van der Waals surface area (Å²) in [6.07, 6.45) is 4.24. The van der Waals surface area contributed by atoms with Gasteiger partial charge >= 0.3 is 0 Å². The van der Waals surface area contributed by atoms with Gasteiger partial charge in [-0.3, -0.25) is 9.78 Å². The maximum Gasteiger partial charge on any atom is 0.270 e. The Bertz CT molecular complexity index is 1570. The Morgan fingerprint density at radius 2 is 2.05 bits per heavy atom. The van der Waals surface area contributed by atoms with Gasteiger partial charge < -0.3 is 19.9 Å². The number of hydrogen-bond donors (Lipinski definition) is 1. The molecule has 0 radical (unpaired) electrons. The molecule has 0 fully saturated rings. The van der Waals surface area contributed by atoms with Gasteiger partial charge in [0.1, 0.15) is 29.3 Å². The van der Waals surface area contributed by atoms with Crippen molar-refractivity contribution in [3.05, 3.63) is 81.3 Å². The van der Waals surface area contributed by atoms with Gasteiger partial charge in [0.25, 0.3) is 5.91 Å². The Kier molecular flexibility index (Phi) is 8.52. The number of halogens is 1. The minimum Gasteiger partial charge on any atom is -0.486 e. The zero-order chi connectivity index (χ0) is 28.2. The van der Waals surface area contributed by atoms with Gasteiger partial charge in [-0.2, -0.15) is 0 Å². The molecule has 0 spiro atoms. The average Bonchev–Trinajstić information content (AvgIpc) is 3.34. The van der Waals surface area contributed by atoms with Crippen LogP contribution in [0.2, 0.25) is 5.02 Å². The van der Waals surface area contributed by atoms with E-state index in [9.17, 15) is 4.79 Å². The summed E-state index contributed by atoms with van der Waals surface area (Å²) in [5.74, 6) is 1.40. The Morgan fingerprint density at radius 1 is 1.23 bits per heavy atom. The predicted molar refractivity (Wildman–Crippen MR) is 161 cm³/mol. The fourth-order valence-corrected chi connectivity index (χ4v) is 6.47. The highest BCUT2D eigenvalue weighted by Gasteiger charge is 2.29. The Hall–Kier alpha value is -3.69. The molecule has 0 bridgehead atoms. The van der Waals surface area contributed by atoms with Crippen molar-refractivity contribution in [1.29, 1.82) is 0 Å². The normalized spacial score (nSPS) is 13.3. The van der Waals surface area contributed by atoms with E-state index in [1.165, 1.54) is 5.56 Å². The first-order valence-electron chi connectivity index (χ1n) is 13.5. The number of ether oxygens (including phenoxy) is 1. The first-order chi connectivity index (χ1) is 19.4. The number of benzene rings is 1. The van der Waals surface area contributed by atoms with Gasteiger partial charge in [-0.05, 0) is 70.0 Å². The molecule has 0 saturated heterocycles. The van der Waals surface area contributed by atoms with Gasteiger partial charge in [-0.25, -0.2) is 9.97 Å². The molecule has 208 valence electrons. The fraction of sp³-hybridized carbons (Fsp3) is 0.333. The molecule has 8 nitrogen and oxygen atoms in total. The van der Waals surface area contributed by atoms with Crippen molar-refractivity contribution >= 4 is 50.6 Å². The van der Waals surface area contributed by atoms with Crippen LogP contribution in [0.4, 0.5) is 11.5 Å².